The molecule has 18 heavy (non-hydrogen) atoms. The van der Waals surface area contributed by atoms with Gasteiger partial charge in [0, 0.05) is 35.8 Å². The van der Waals surface area contributed by atoms with Crippen LogP contribution >= 0.6 is 22.6 Å². The Morgan fingerprint density at radius 3 is 2.72 bits per heavy atom. The Hall–Kier alpha value is -0.130. The number of nitrogens with zero attached hydrogens (tertiary/aromatic N) is 2. The highest BCUT2D eigenvalue weighted by Gasteiger charge is 2.28. The van der Waals surface area contributed by atoms with E-state index in [9.17, 15) is 0 Å². The number of fused-ring (bicyclic) bond motifs is 1. The summed E-state index contributed by atoms with van der Waals surface area (Å²) in [6.45, 7) is 6.24. The van der Waals surface area contributed by atoms with Crippen molar-refractivity contribution in [3.8, 4) is 0 Å². The molecular weight excluding hydrogens is 335 g/mol. The van der Waals surface area contributed by atoms with Gasteiger partial charge < -0.3 is 0 Å². The maximum atomic E-state index is 2.70. The SMILES string of the molecule is Ic1ccc(CN2CCN3CCCC[C@H]3C2)cc1. The number of rotatable bonds is 2. The minimum absolute atomic E-state index is 0.830. The molecule has 2 saturated heterocycles. The Labute approximate surface area is 123 Å². The van der Waals surface area contributed by atoms with Gasteiger partial charge in [0.25, 0.3) is 0 Å². The standard InChI is InChI=1S/C15H21IN2/c16-14-6-4-13(5-7-14)11-17-9-10-18-8-2-1-3-15(18)12-17/h4-7,15H,1-3,8-12H2/t15-/m0/s1. The average Bonchev–Trinajstić information content (AvgIpc) is 2.41. The fourth-order valence-corrected chi connectivity index (χ4v) is 3.57. The van der Waals surface area contributed by atoms with Gasteiger partial charge in [-0.2, -0.15) is 0 Å². The Kier molecular flexibility index (Phi) is 4.21. The molecule has 0 spiro atoms. The van der Waals surface area contributed by atoms with Crippen molar-refractivity contribution in [2.75, 3.05) is 26.2 Å². The van der Waals surface area contributed by atoms with Crippen molar-refractivity contribution >= 4 is 22.6 Å². The summed E-state index contributed by atoms with van der Waals surface area (Å²) in [4.78, 5) is 5.34. The predicted molar refractivity (Wildman–Crippen MR) is 83.6 cm³/mol. The lowest BCUT2D eigenvalue weighted by Crippen LogP contribution is -2.54. The highest BCUT2D eigenvalue weighted by molar-refractivity contribution is 14.1. The van der Waals surface area contributed by atoms with E-state index in [1.165, 1.54) is 54.6 Å². The summed E-state index contributed by atoms with van der Waals surface area (Å²) in [5.41, 5.74) is 1.46. The number of benzene rings is 1. The van der Waals surface area contributed by atoms with Crippen molar-refractivity contribution in [3.05, 3.63) is 33.4 Å². The molecule has 2 nitrogen and oxygen atoms in total. The van der Waals surface area contributed by atoms with Gasteiger partial charge in [-0.3, -0.25) is 9.80 Å². The van der Waals surface area contributed by atoms with Gasteiger partial charge in [-0.15, -0.1) is 0 Å². The van der Waals surface area contributed by atoms with Crippen molar-refractivity contribution in [1.82, 2.24) is 9.80 Å². The summed E-state index contributed by atoms with van der Waals surface area (Å²) in [5.74, 6) is 0. The predicted octanol–water partition coefficient (Wildman–Crippen LogP) is 2.96. The van der Waals surface area contributed by atoms with Crippen LogP contribution in [0.4, 0.5) is 0 Å². The first kappa shape index (κ1) is 12.9. The topological polar surface area (TPSA) is 6.48 Å². The van der Waals surface area contributed by atoms with Crippen LogP contribution in [-0.4, -0.2) is 42.0 Å². The second-order valence-electron chi connectivity index (χ2n) is 5.55. The number of piperazine rings is 1. The Balaban J connectivity index is 1.59. The fourth-order valence-electron chi connectivity index (χ4n) is 3.21. The summed E-state index contributed by atoms with van der Waals surface area (Å²) < 4.78 is 1.33. The van der Waals surface area contributed by atoms with E-state index in [2.05, 4.69) is 56.7 Å². The molecule has 2 fully saturated rings. The minimum atomic E-state index is 0.830. The van der Waals surface area contributed by atoms with Gasteiger partial charge in [-0.25, -0.2) is 0 Å². The van der Waals surface area contributed by atoms with Gasteiger partial charge in [0.15, 0.2) is 0 Å². The van der Waals surface area contributed by atoms with Crippen LogP contribution in [0.25, 0.3) is 0 Å². The first-order valence-electron chi connectivity index (χ1n) is 7.02. The lowest BCUT2D eigenvalue weighted by molar-refractivity contribution is 0.0457. The maximum Gasteiger partial charge on any atom is 0.0234 e. The molecule has 0 radical (unpaired) electrons. The van der Waals surface area contributed by atoms with Crippen molar-refractivity contribution in [2.24, 2.45) is 0 Å². The van der Waals surface area contributed by atoms with Gasteiger partial charge in [-0.05, 0) is 59.7 Å². The summed E-state index contributed by atoms with van der Waals surface area (Å²) >= 11 is 2.37. The zero-order valence-electron chi connectivity index (χ0n) is 10.8. The van der Waals surface area contributed by atoms with Gasteiger partial charge in [-0.1, -0.05) is 18.6 Å². The second-order valence-corrected chi connectivity index (χ2v) is 6.79. The third-order valence-corrected chi connectivity index (χ3v) is 4.96. The van der Waals surface area contributed by atoms with E-state index < -0.39 is 0 Å². The molecule has 0 unspecified atom stereocenters. The highest BCUT2D eigenvalue weighted by Crippen LogP contribution is 2.22. The van der Waals surface area contributed by atoms with Crippen molar-refractivity contribution in [1.29, 1.82) is 0 Å². The molecule has 1 atom stereocenters. The molecule has 98 valence electrons. The van der Waals surface area contributed by atoms with Gasteiger partial charge in [0.1, 0.15) is 0 Å². The van der Waals surface area contributed by atoms with E-state index in [1.807, 2.05) is 0 Å². The monoisotopic (exact) mass is 356 g/mol. The summed E-state index contributed by atoms with van der Waals surface area (Å²) in [6, 6.07) is 9.81. The van der Waals surface area contributed by atoms with E-state index >= 15 is 0 Å². The molecule has 0 amide bonds. The Morgan fingerprint density at radius 1 is 1.06 bits per heavy atom. The number of hydrogen-bond donors (Lipinski definition) is 0. The van der Waals surface area contributed by atoms with Gasteiger partial charge in [0.2, 0.25) is 0 Å². The molecule has 3 rings (SSSR count). The lowest BCUT2D eigenvalue weighted by Gasteiger charge is -2.44. The van der Waals surface area contributed by atoms with E-state index in [0.717, 1.165) is 12.6 Å². The Morgan fingerprint density at radius 2 is 1.89 bits per heavy atom. The molecule has 1 aromatic carbocycles. The Bertz CT molecular complexity index is 390. The van der Waals surface area contributed by atoms with Gasteiger partial charge in [0.05, 0.1) is 0 Å². The molecule has 2 aliphatic rings. The van der Waals surface area contributed by atoms with Crippen LogP contribution < -0.4 is 0 Å². The van der Waals surface area contributed by atoms with Crippen LogP contribution in [0.15, 0.2) is 24.3 Å². The van der Waals surface area contributed by atoms with Crippen LogP contribution in [0.1, 0.15) is 24.8 Å². The first-order chi connectivity index (χ1) is 8.81. The minimum Gasteiger partial charge on any atom is -0.298 e. The molecule has 0 saturated carbocycles. The summed E-state index contributed by atoms with van der Waals surface area (Å²) in [6.07, 6.45) is 4.25. The summed E-state index contributed by atoms with van der Waals surface area (Å²) in [5, 5.41) is 0. The molecule has 3 heteroatoms. The van der Waals surface area contributed by atoms with Crippen LogP contribution in [0.2, 0.25) is 0 Å². The quantitative estimate of drug-likeness (QED) is 0.752. The molecule has 2 aliphatic heterocycles. The fraction of sp³-hybridized carbons (Fsp3) is 0.600. The van der Waals surface area contributed by atoms with Crippen molar-refractivity contribution in [2.45, 2.75) is 31.8 Å². The van der Waals surface area contributed by atoms with Crippen molar-refractivity contribution in [3.63, 3.8) is 0 Å². The molecule has 0 aliphatic carbocycles. The maximum absolute atomic E-state index is 2.70. The van der Waals surface area contributed by atoms with E-state index in [0.29, 0.717) is 0 Å². The van der Waals surface area contributed by atoms with E-state index in [-0.39, 0.29) is 0 Å². The first-order valence-corrected chi connectivity index (χ1v) is 8.10. The molecular formula is C15H21IN2. The third-order valence-electron chi connectivity index (χ3n) is 4.24. The van der Waals surface area contributed by atoms with Crippen LogP contribution in [0, 0.1) is 3.57 Å². The second kappa shape index (κ2) is 5.88. The number of halogens is 1. The molecule has 2 heterocycles. The number of piperidine rings is 1. The van der Waals surface area contributed by atoms with E-state index in [4.69, 9.17) is 0 Å². The summed E-state index contributed by atoms with van der Waals surface area (Å²) in [7, 11) is 0. The third kappa shape index (κ3) is 3.06. The normalized spacial score (nSPS) is 25.9. The van der Waals surface area contributed by atoms with Crippen LogP contribution in [0.5, 0.6) is 0 Å². The zero-order chi connectivity index (χ0) is 12.4. The highest BCUT2D eigenvalue weighted by atomic mass is 127. The number of hydrogen-bond acceptors (Lipinski definition) is 2. The molecule has 0 N–H and O–H groups in total. The van der Waals surface area contributed by atoms with Crippen molar-refractivity contribution < 1.29 is 0 Å². The smallest absolute Gasteiger partial charge is 0.0234 e. The average molecular weight is 356 g/mol. The van der Waals surface area contributed by atoms with Gasteiger partial charge >= 0.3 is 0 Å². The molecule has 0 aromatic heterocycles. The molecule has 0 bridgehead atoms. The van der Waals surface area contributed by atoms with Crippen LogP contribution in [-0.2, 0) is 6.54 Å². The van der Waals surface area contributed by atoms with Crippen LogP contribution in [0.3, 0.4) is 0 Å². The van der Waals surface area contributed by atoms with E-state index in [1.54, 1.807) is 0 Å². The molecule has 1 aromatic rings. The zero-order valence-corrected chi connectivity index (χ0v) is 13.0. The lowest BCUT2D eigenvalue weighted by atomic mass is 9.99. The largest absolute Gasteiger partial charge is 0.298 e.